The average Bonchev–Trinajstić information content (AvgIpc) is 3.44. The normalized spacial score (nSPS) is 11.3. The Kier molecular flexibility index (Phi) is 8.38. The number of hydrogen-bond acceptors (Lipinski definition) is 9. The monoisotopic (exact) mass is 586 g/mol. The lowest BCUT2D eigenvalue weighted by atomic mass is 10.0. The van der Waals surface area contributed by atoms with Crippen LogP contribution in [0.15, 0.2) is 83.4 Å². The van der Waals surface area contributed by atoms with Crippen LogP contribution in [0.3, 0.4) is 0 Å². The van der Waals surface area contributed by atoms with Crippen molar-refractivity contribution in [1.82, 2.24) is 10.3 Å². The van der Waals surface area contributed by atoms with E-state index in [1.807, 2.05) is 30.3 Å². The summed E-state index contributed by atoms with van der Waals surface area (Å²) in [4.78, 5) is 4.44. The fraction of sp³-hybridized carbons (Fsp3) is 0.161. The standard InChI is InChI=1S/C31H27FN4O5S/c1-39-30-16-23(7-10-29(30)40-24-5-3-4-22(32)15-24)36-31-21(17-33)18-35-27-9-6-20(14-26(27)31)28-11-8-25(41-28)19-34-12-13-42(2,37)38/h3-11,14-16,18,34H,12-13,19H2,1-2H3,(H,35,36). The second kappa shape index (κ2) is 12.3. The van der Waals surface area contributed by atoms with E-state index in [0.29, 0.717) is 69.7 Å². The van der Waals surface area contributed by atoms with Crippen LogP contribution in [0.1, 0.15) is 11.3 Å². The molecule has 5 aromatic rings. The van der Waals surface area contributed by atoms with Crippen LogP contribution in [0.2, 0.25) is 0 Å². The molecule has 0 unspecified atom stereocenters. The van der Waals surface area contributed by atoms with Crippen molar-refractivity contribution in [2.45, 2.75) is 6.54 Å². The van der Waals surface area contributed by atoms with E-state index in [-0.39, 0.29) is 5.75 Å². The van der Waals surface area contributed by atoms with Gasteiger partial charge in [-0.1, -0.05) is 6.07 Å². The fourth-order valence-electron chi connectivity index (χ4n) is 4.29. The van der Waals surface area contributed by atoms with Gasteiger partial charge in [-0.25, -0.2) is 12.8 Å². The van der Waals surface area contributed by atoms with Gasteiger partial charge in [-0.15, -0.1) is 0 Å². The van der Waals surface area contributed by atoms with E-state index in [9.17, 15) is 18.1 Å². The number of halogens is 1. The third kappa shape index (κ3) is 6.86. The van der Waals surface area contributed by atoms with Crippen LogP contribution in [0.5, 0.6) is 17.2 Å². The van der Waals surface area contributed by atoms with Gasteiger partial charge in [-0.2, -0.15) is 5.26 Å². The number of sulfone groups is 1. The van der Waals surface area contributed by atoms with Crippen LogP contribution in [-0.2, 0) is 16.4 Å². The molecule has 42 heavy (non-hydrogen) atoms. The predicted molar refractivity (Wildman–Crippen MR) is 158 cm³/mol. The van der Waals surface area contributed by atoms with Gasteiger partial charge < -0.3 is 24.5 Å². The predicted octanol–water partition coefficient (Wildman–Crippen LogP) is 6.18. The first-order valence-electron chi connectivity index (χ1n) is 12.9. The van der Waals surface area contributed by atoms with Gasteiger partial charge in [-0.3, -0.25) is 4.98 Å². The summed E-state index contributed by atoms with van der Waals surface area (Å²) in [6, 6.07) is 22.5. The molecule has 3 aromatic carbocycles. The minimum atomic E-state index is -3.04. The van der Waals surface area contributed by atoms with E-state index in [0.717, 1.165) is 5.56 Å². The SMILES string of the molecule is COc1cc(Nc2c(C#N)cnc3ccc(-c4ccc(CNCCS(C)(=O)=O)o4)cc23)ccc1Oc1cccc(F)c1. The molecule has 0 spiro atoms. The second-order valence-corrected chi connectivity index (χ2v) is 11.8. The van der Waals surface area contributed by atoms with Crippen molar-refractivity contribution in [3.63, 3.8) is 0 Å². The van der Waals surface area contributed by atoms with Gasteiger partial charge in [0.2, 0.25) is 0 Å². The number of aromatic nitrogens is 1. The molecule has 9 nitrogen and oxygen atoms in total. The molecule has 0 fully saturated rings. The molecule has 11 heteroatoms. The molecule has 2 aromatic heterocycles. The lowest BCUT2D eigenvalue weighted by Gasteiger charge is -2.15. The Morgan fingerprint density at radius 2 is 1.90 bits per heavy atom. The highest BCUT2D eigenvalue weighted by molar-refractivity contribution is 7.90. The molecule has 0 saturated carbocycles. The van der Waals surface area contributed by atoms with Crippen LogP contribution >= 0.6 is 0 Å². The number of pyridine rings is 1. The number of hydrogen-bond donors (Lipinski definition) is 2. The first kappa shape index (κ1) is 28.6. The van der Waals surface area contributed by atoms with Gasteiger partial charge in [0, 0.05) is 47.8 Å². The molecule has 5 rings (SSSR count). The maximum atomic E-state index is 13.6. The molecule has 0 radical (unpaired) electrons. The molecule has 0 aliphatic heterocycles. The van der Waals surface area contributed by atoms with E-state index < -0.39 is 15.7 Å². The van der Waals surface area contributed by atoms with Crippen LogP contribution in [0, 0.1) is 17.1 Å². The van der Waals surface area contributed by atoms with Crippen molar-refractivity contribution in [2.75, 3.05) is 31.0 Å². The number of anilines is 2. The van der Waals surface area contributed by atoms with Crippen molar-refractivity contribution in [1.29, 1.82) is 5.26 Å². The van der Waals surface area contributed by atoms with E-state index in [1.54, 1.807) is 30.3 Å². The number of furan rings is 1. The first-order chi connectivity index (χ1) is 20.2. The Labute approximate surface area is 242 Å². The lowest BCUT2D eigenvalue weighted by Crippen LogP contribution is -2.21. The third-order valence-electron chi connectivity index (χ3n) is 6.34. The Hall–Kier alpha value is -4.92. The highest BCUT2D eigenvalue weighted by Crippen LogP contribution is 2.37. The highest BCUT2D eigenvalue weighted by Gasteiger charge is 2.15. The van der Waals surface area contributed by atoms with Gasteiger partial charge in [0.15, 0.2) is 11.5 Å². The van der Waals surface area contributed by atoms with E-state index >= 15 is 0 Å². The molecular weight excluding hydrogens is 559 g/mol. The smallest absolute Gasteiger partial charge is 0.169 e. The largest absolute Gasteiger partial charge is 0.493 e. The van der Waals surface area contributed by atoms with Crippen LogP contribution in [0.25, 0.3) is 22.2 Å². The quantitative estimate of drug-likeness (QED) is 0.174. The van der Waals surface area contributed by atoms with Crippen molar-refractivity contribution < 1.29 is 26.7 Å². The number of nitrogens with one attached hydrogen (secondary N) is 2. The summed E-state index contributed by atoms with van der Waals surface area (Å²) in [7, 11) is -1.54. The number of fused-ring (bicyclic) bond motifs is 1. The average molecular weight is 587 g/mol. The number of methoxy groups -OCH3 is 1. The van der Waals surface area contributed by atoms with E-state index in [2.05, 4.69) is 21.7 Å². The number of nitriles is 1. The Morgan fingerprint density at radius 1 is 1.05 bits per heavy atom. The summed E-state index contributed by atoms with van der Waals surface area (Å²) in [6.07, 6.45) is 2.71. The highest BCUT2D eigenvalue weighted by atomic mass is 32.2. The Morgan fingerprint density at radius 3 is 2.67 bits per heavy atom. The number of rotatable bonds is 11. The van der Waals surface area contributed by atoms with Gasteiger partial charge >= 0.3 is 0 Å². The summed E-state index contributed by atoms with van der Waals surface area (Å²) in [6.45, 7) is 0.710. The van der Waals surface area contributed by atoms with Crippen molar-refractivity contribution >= 4 is 32.1 Å². The minimum absolute atomic E-state index is 0.0455. The molecule has 2 N–H and O–H groups in total. The molecule has 0 aliphatic rings. The maximum absolute atomic E-state index is 13.6. The summed E-state index contributed by atoms with van der Waals surface area (Å²) in [5.74, 6) is 2.05. The van der Waals surface area contributed by atoms with Crippen LogP contribution in [-0.4, -0.2) is 39.1 Å². The Bertz CT molecular complexity index is 1900. The molecule has 214 valence electrons. The summed E-state index contributed by atoms with van der Waals surface area (Å²) < 4.78 is 53.6. The number of nitrogens with zero attached hydrogens (tertiary/aromatic N) is 2. The first-order valence-corrected chi connectivity index (χ1v) is 15.0. The zero-order valence-electron chi connectivity index (χ0n) is 22.8. The molecule has 0 amide bonds. The van der Waals surface area contributed by atoms with Gasteiger partial charge in [-0.05, 0) is 54.6 Å². The third-order valence-corrected chi connectivity index (χ3v) is 7.29. The molecule has 2 heterocycles. The fourth-order valence-corrected chi connectivity index (χ4v) is 4.81. The number of ether oxygens (including phenoxy) is 2. The molecular formula is C31H27FN4O5S. The molecule has 0 saturated heterocycles. The van der Waals surface area contributed by atoms with E-state index in [4.69, 9.17) is 13.9 Å². The topological polar surface area (TPSA) is 126 Å². The Balaban J connectivity index is 1.41. The molecule has 0 bridgehead atoms. The zero-order chi connectivity index (χ0) is 29.7. The maximum Gasteiger partial charge on any atom is 0.169 e. The van der Waals surface area contributed by atoms with E-state index in [1.165, 1.54) is 31.7 Å². The van der Waals surface area contributed by atoms with Gasteiger partial charge in [0.05, 0.1) is 36.2 Å². The summed E-state index contributed by atoms with van der Waals surface area (Å²) in [5.41, 5.74) is 2.98. The molecule has 0 aliphatic carbocycles. The minimum Gasteiger partial charge on any atom is -0.493 e. The van der Waals surface area contributed by atoms with Crippen LogP contribution in [0.4, 0.5) is 15.8 Å². The molecule has 0 atom stereocenters. The van der Waals surface area contributed by atoms with Crippen molar-refractivity contribution in [3.8, 4) is 34.6 Å². The van der Waals surface area contributed by atoms with Gasteiger partial charge in [0.1, 0.15) is 39.0 Å². The van der Waals surface area contributed by atoms with Crippen LogP contribution < -0.4 is 20.1 Å². The number of benzene rings is 3. The zero-order valence-corrected chi connectivity index (χ0v) is 23.7. The second-order valence-electron chi connectivity index (χ2n) is 9.51. The van der Waals surface area contributed by atoms with Crippen molar-refractivity contribution in [2.24, 2.45) is 0 Å². The summed E-state index contributed by atoms with van der Waals surface area (Å²) >= 11 is 0. The van der Waals surface area contributed by atoms with Gasteiger partial charge in [0.25, 0.3) is 0 Å². The summed E-state index contributed by atoms with van der Waals surface area (Å²) in [5, 5.41) is 17.0. The lowest BCUT2D eigenvalue weighted by molar-refractivity contribution is 0.378. The van der Waals surface area contributed by atoms with Crippen molar-refractivity contribution in [3.05, 3.63) is 96.1 Å².